The first-order chi connectivity index (χ1) is 18.5. The predicted molar refractivity (Wildman–Crippen MR) is 145 cm³/mol. The number of carbonyl (C=O) groups excluding carboxylic acids is 1. The minimum absolute atomic E-state index is 0.00299. The van der Waals surface area contributed by atoms with Gasteiger partial charge in [0.25, 0.3) is 0 Å². The van der Waals surface area contributed by atoms with Crippen molar-refractivity contribution in [1.82, 2.24) is 5.32 Å². The molecule has 8 heteroatoms. The topological polar surface area (TPSA) is 105 Å². The van der Waals surface area contributed by atoms with Crippen molar-refractivity contribution in [2.45, 2.75) is 62.2 Å². The van der Waals surface area contributed by atoms with E-state index < -0.39 is 12.3 Å². The zero-order chi connectivity index (χ0) is 26.7. The molecule has 4 rings (SSSR count). The fourth-order valence-corrected chi connectivity index (χ4v) is 5.15. The van der Waals surface area contributed by atoms with E-state index in [0.717, 1.165) is 34.4 Å². The van der Waals surface area contributed by atoms with E-state index in [0.29, 0.717) is 13.0 Å². The van der Waals surface area contributed by atoms with E-state index in [-0.39, 0.29) is 37.6 Å². The van der Waals surface area contributed by atoms with Crippen LogP contribution < -0.4 is 5.32 Å². The van der Waals surface area contributed by atoms with Crippen molar-refractivity contribution in [3.8, 4) is 0 Å². The normalized spacial score (nSPS) is 19.1. The minimum Gasteiger partial charge on any atom is -0.481 e. The molecule has 0 aromatic heterocycles. The van der Waals surface area contributed by atoms with Crippen LogP contribution in [0.4, 0.5) is 0 Å². The molecule has 200 valence electrons. The van der Waals surface area contributed by atoms with Crippen LogP contribution in [0.2, 0.25) is 0 Å². The number of ether oxygens (including phenoxy) is 2. The third-order valence-corrected chi connectivity index (χ3v) is 7.47. The van der Waals surface area contributed by atoms with E-state index in [4.69, 9.17) is 14.6 Å². The Kier molecular flexibility index (Phi) is 10.3. The molecule has 0 bridgehead atoms. The van der Waals surface area contributed by atoms with Crippen molar-refractivity contribution in [3.05, 3.63) is 101 Å². The minimum atomic E-state index is -0.897. The molecule has 1 saturated heterocycles. The van der Waals surface area contributed by atoms with E-state index in [1.165, 1.54) is 4.90 Å². The molecular formula is C30H33NO6S. The van der Waals surface area contributed by atoms with Gasteiger partial charge in [0.15, 0.2) is 6.29 Å². The van der Waals surface area contributed by atoms with Crippen LogP contribution in [0.5, 0.6) is 0 Å². The highest BCUT2D eigenvalue weighted by atomic mass is 32.2. The molecule has 3 N–H and O–H groups in total. The molecule has 1 amide bonds. The number of carbonyl (C=O) groups is 2. The Bertz CT molecular complexity index is 1170. The average molecular weight is 536 g/mol. The van der Waals surface area contributed by atoms with Gasteiger partial charge < -0.3 is 25.0 Å². The summed E-state index contributed by atoms with van der Waals surface area (Å²) in [6, 6.07) is 25.9. The molecule has 38 heavy (non-hydrogen) atoms. The third-order valence-electron chi connectivity index (χ3n) is 6.33. The first-order valence-electron chi connectivity index (χ1n) is 12.8. The van der Waals surface area contributed by atoms with Crippen LogP contribution >= 0.6 is 11.8 Å². The van der Waals surface area contributed by atoms with Gasteiger partial charge in [-0.2, -0.15) is 0 Å². The molecule has 0 spiro atoms. The van der Waals surface area contributed by atoms with E-state index >= 15 is 0 Å². The maximum Gasteiger partial charge on any atom is 0.303 e. The monoisotopic (exact) mass is 535 g/mol. The Morgan fingerprint density at radius 2 is 1.55 bits per heavy atom. The molecule has 0 aliphatic carbocycles. The van der Waals surface area contributed by atoms with Crippen molar-refractivity contribution in [2.75, 3.05) is 5.75 Å². The summed E-state index contributed by atoms with van der Waals surface area (Å²) in [5, 5.41) is 20.9. The molecule has 3 aromatic rings. The van der Waals surface area contributed by atoms with Gasteiger partial charge in [-0.05, 0) is 35.2 Å². The Morgan fingerprint density at radius 3 is 2.24 bits per heavy atom. The highest BCUT2D eigenvalue weighted by Crippen LogP contribution is 2.39. The molecule has 1 aliphatic heterocycles. The zero-order valence-corrected chi connectivity index (χ0v) is 21.9. The van der Waals surface area contributed by atoms with Crippen LogP contribution in [0.1, 0.15) is 60.3 Å². The molecule has 1 heterocycles. The fourth-order valence-electron chi connectivity index (χ4n) is 4.21. The van der Waals surface area contributed by atoms with Crippen LogP contribution in [-0.2, 0) is 32.2 Å². The lowest BCUT2D eigenvalue weighted by molar-refractivity contribution is -0.245. The van der Waals surface area contributed by atoms with Gasteiger partial charge in [-0.25, -0.2) is 0 Å². The number of benzene rings is 3. The van der Waals surface area contributed by atoms with Crippen LogP contribution in [0.3, 0.4) is 0 Å². The quantitative estimate of drug-likeness (QED) is 0.267. The lowest BCUT2D eigenvalue weighted by Gasteiger charge is -2.36. The summed E-state index contributed by atoms with van der Waals surface area (Å²) < 4.78 is 12.8. The van der Waals surface area contributed by atoms with E-state index in [2.05, 4.69) is 17.4 Å². The number of rotatable bonds is 12. The fraction of sp³-hybridized carbons (Fsp3) is 0.333. The second-order valence-corrected chi connectivity index (χ2v) is 10.3. The summed E-state index contributed by atoms with van der Waals surface area (Å²) in [6.07, 6.45) is 0.523. The summed E-state index contributed by atoms with van der Waals surface area (Å²) >= 11 is 1.76. The van der Waals surface area contributed by atoms with Crippen molar-refractivity contribution in [3.63, 3.8) is 0 Å². The zero-order valence-electron chi connectivity index (χ0n) is 21.1. The predicted octanol–water partition coefficient (Wildman–Crippen LogP) is 5.39. The number of nitrogens with one attached hydrogen (secondary N) is 1. The average Bonchev–Trinajstić information content (AvgIpc) is 2.95. The molecule has 0 radical (unpaired) electrons. The van der Waals surface area contributed by atoms with Gasteiger partial charge in [-0.1, -0.05) is 66.7 Å². The number of hydrogen-bond acceptors (Lipinski definition) is 6. The SMILES string of the molecule is O=C(O)CCCC(=O)NCc1ccc([C@@H]2O[C@H](CSc3ccccc3)C[C@H](c3ccc(CO)cc3)O2)cc1. The van der Waals surface area contributed by atoms with E-state index in [1.807, 2.05) is 66.7 Å². The van der Waals surface area contributed by atoms with Gasteiger partial charge in [0, 0.05) is 42.0 Å². The van der Waals surface area contributed by atoms with Crippen molar-refractivity contribution >= 4 is 23.6 Å². The summed E-state index contributed by atoms with van der Waals surface area (Å²) in [6.45, 7) is 0.373. The Balaban J connectivity index is 1.40. The number of hydrogen-bond donors (Lipinski definition) is 3. The summed E-state index contributed by atoms with van der Waals surface area (Å²) in [5.74, 6) is -0.268. The number of carboxylic acids is 1. The van der Waals surface area contributed by atoms with Crippen LogP contribution in [0.15, 0.2) is 83.8 Å². The largest absolute Gasteiger partial charge is 0.481 e. The highest BCUT2D eigenvalue weighted by Gasteiger charge is 2.32. The highest BCUT2D eigenvalue weighted by molar-refractivity contribution is 7.99. The van der Waals surface area contributed by atoms with E-state index in [9.17, 15) is 14.7 Å². The Morgan fingerprint density at radius 1 is 0.868 bits per heavy atom. The Labute approximate surface area is 227 Å². The molecule has 0 saturated carbocycles. The molecule has 3 aromatic carbocycles. The molecular weight excluding hydrogens is 502 g/mol. The standard InChI is InChI=1S/C30H33NO6S/c32-19-22-11-13-23(14-12-22)27-17-25(20-38-26-5-2-1-3-6-26)36-30(37-27)24-15-9-21(10-16-24)18-31-28(33)7-4-8-29(34)35/h1-3,5-6,9-16,25,27,30,32H,4,7-8,17-20H2,(H,31,33)(H,34,35)/t25-,27+,30+/m0/s1. The summed E-state index contributed by atoms with van der Waals surface area (Å²) in [4.78, 5) is 23.8. The van der Waals surface area contributed by atoms with Crippen molar-refractivity contribution in [1.29, 1.82) is 0 Å². The molecule has 0 unspecified atom stereocenters. The molecule has 1 aliphatic rings. The van der Waals surface area contributed by atoms with Crippen LogP contribution in [-0.4, -0.2) is 33.9 Å². The lowest BCUT2D eigenvalue weighted by atomic mass is 10.0. The number of aliphatic hydroxyl groups excluding tert-OH is 1. The molecule has 7 nitrogen and oxygen atoms in total. The first kappa shape index (κ1) is 27.9. The van der Waals surface area contributed by atoms with Crippen molar-refractivity contribution < 1.29 is 29.3 Å². The van der Waals surface area contributed by atoms with Crippen molar-refractivity contribution in [2.24, 2.45) is 0 Å². The summed E-state index contributed by atoms with van der Waals surface area (Å²) in [5.41, 5.74) is 3.74. The van der Waals surface area contributed by atoms with Crippen LogP contribution in [0.25, 0.3) is 0 Å². The first-order valence-corrected chi connectivity index (χ1v) is 13.7. The maximum absolute atomic E-state index is 12.0. The van der Waals surface area contributed by atoms with Gasteiger partial charge in [0.2, 0.25) is 5.91 Å². The smallest absolute Gasteiger partial charge is 0.303 e. The Hall–Kier alpha value is -3.17. The van der Waals surface area contributed by atoms with Gasteiger partial charge in [-0.15, -0.1) is 11.8 Å². The van der Waals surface area contributed by atoms with Gasteiger partial charge >= 0.3 is 5.97 Å². The number of aliphatic hydroxyl groups is 1. The summed E-state index contributed by atoms with van der Waals surface area (Å²) in [7, 11) is 0. The van der Waals surface area contributed by atoms with Gasteiger partial charge in [-0.3, -0.25) is 9.59 Å². The second-order valence-electron chi connectivity index (χ2n) is 9.24. The number of thioether (sulfide) groups is 1. The second kappa shape index (κ2) is 14.1. The van der Waals surface area contributed by atoms with E-state index in [1.54, 1.807) is 11.8 Å². The lowest BCUT2D eigenvalue weighted by Crippen LogP contribution is -2.31. The number of amides is 1. The number of aliphatic carboxylic acids is 1. The number of carboxylic acid groups (broad SMARTS) is 1. The van der Waals surface area contributed by atoms with Crippen LogP contribution in [0, 0.1) is 0 Å². The van der Waals surface area contributed by atoms with Gasteiger partial charge in [0.1, 0.15) is 0 Å². The molecule has 3 atom stereocenters. The maximum atomic E-state index is 12.0. The van der Waals surface area contributed by atoms with Gasteiger partial charge in [0.05, 0.1) is 18.8 Å². The molecule has 1 fully saturated rings. The third kappa shape index (κ3) is 8.43.